The molecule has 0 spiro atoms. The Bertz CT molecular complexity index is 1300. The fourth-order valence-electron chi connectivity index (χ4n) is 4.39. The van der Waals surface area contributed by atoms with Crippen LogP contribution in [-0.2, 0) is 0 Å². The second-order valence-electron chi connectivity index (χ2n) is 8.95. The van der Waals surface area contributed by atoms with Crippen LogP contribution in [0.1, 0.15) is 21.5 Å². The number of benzene rings is 3. The van der Waals surface area contributed by atoms with E-state index in [-0.39, 0.29) is 5.91 Å². The summed E-state index contributed by atoms with van der Waals surface area (Å²) in [6.45, 7) is 9.59. The van der Waals surface area contributed by atoms with Gasteiger partial charge in [-0.1, -0.05) is 35.6 Å². The Balaban J connectivity index is 1.07. The summed E-state index contributed by atoms with van der Waals surface area (Å²) in [5.74, 6) is 1.43. The number of ether oxygens (including phenoxy) is 1. The molecule has 1 amide bonds. The Morgan fingerprint density at radius 2 is 1.69 bits per heavy atom. The van der Waals surface area contributed by atoms with E-state index in [9.17, 15) is 4.79 Å². The maximum absolute atomic E-state index is 12.5. The number of thiazole rings is 1. The van der Waals surface area contributed by atoms with E-state index >= 15 is 0 Å². The van der Waals surface area contributed by atoms with Crippen molar-refractivity contribution in [3.63, 3.8) is 0 Å². The molecule has 0 aliphatic carbocycles. The molecular formula is C28H30N4O2S. The van der Waals surface area contributed by atoms with E-state index < -0.39 is 0 Å². The minimum atomic E-state index is -0.0602. The number of nitrogens with one attached hydrogen (secondary N) is 1. The number of aryl methyl sites for hydroxylation is 2. The number of nitrogens with zero attached hydrogens (tertiary/aromatic N) is 3. The number of rotatable bonds is 7. The lowest BCUT2D eigenvalue weighted by molar-refractivity contribution is 0.0948. The summed E-state index contributed by atoms with van der Waals surface area (Å²) in [5, 5.41) is 4.15. The van der Waals surface area contributed by atoms with Crippen LogP contribution in [-0.4, -0.2) is 55.1 Å². The number of hydrogen-bond donors (Lipinski definition) is 1. The second kappa shape index (κ2) is 10.5. The molecule has 6 nitrogen and oxygen atoms in total. The van der Waals surface area contributed by atoms with Crippen molar-refractivity contribution in [2.75, 3.05) is 44.2 Å². The van der Waals surface area contributed by atoms with Crippen molar-refractivity contribution in [3.8, 4) is 11.5 Å². The van der Waals surface area contributed by atoms with E-state index in [4.69, 9.17) is 9.72 Å². The van der Waals surface area contributed by atoms with Crippen LogP contribution in [0.3, 0.4) is 0 Å². The van der Waals surface area contributed by atoms with Crippen molar-refractivity contribution in [1.29, 1.82) is 0 Å². The van der Waals surface area contributed by atoms with Crippen LogP contribution in [0.25, 0.3) is 10.2 Å². The molecule has 1 fully saturated rings. The van der Waals surface area contributed by atoms with Crippen molar-refractivity contribution in [1.82, 2.24) is 15.2 Å². The highest BCUT2D eigenvalue weighted by Crippen LogP contribution is 2.32. The summed E-state index contributed by atoms with van der Waals surface area (Å²) < 4.78 is 7.08. The van der Waals surface area contributed by atoms with E-state index in [1.807, 2.05) is 42.5 Å². The van der Waals surface area contributed by atoms with Gasteiger partial charge in [-0.15, -0.1) is 0 Å². The molecule has 0 unspecified atom stereocenters. The minimum absolute atomic E-state index is 0.0602. The van der Waals surface area contributed by atoms with Gasteiger partial charge in [0.15, 0.2) is 5.13 Å². The summed E-state index contributed by atoms with van der Waals surface area (Å²) in [5.41, 5.74) is 4.30. The maximum atomic E-state index is 12.5. The van der Waals surface area contributed by atoms with Gasteiger partial charge in [-0.2, -0.15) is 0 Å². The zero-order valence-corrected chi connectivity index (χ0v) is 21.0. The molecule has 1 aliphatic rings. The van der Waals surface area contributed by atoms with Crippen molar-refractivity contribution in [3.05, 3.63) is 83.4 Å². The number of aromatic nitrogens is 1. The number of amides is 1. The van der Waals surface area contributed by atoms with Gasteiger partial charge < -0.3 is 15.0 Å². The van der Waals surface area contributed by atoms with Crippen molar-refractivity contribution in [2.45, 2.75) is 13.8 Å². The molecule has 3 aromatic carbocycles. The highest BCUT2D eigenvalue weighted by molar-refractivity contribution is 7.22. The molecule has 4 aromatic rings. The summed E-state index contributed by atoms with van der Waals surface area (Å²) in [6.07, 6.45) is 0. The van der Waals surface area contributed by atoms with Gasteiger partial charge in [-0.25, -0.2) is 4.98 Å². The Morgan fingerprint density at radius 1 is 0.971 bits per heavy atom. The number of fused-ring (bicyclic) bond motifs is 1. The predicted octanol–water partition coefficient (Wildman–Crippen LogP) is 5.26. The molecule has 2 heterocycles. The second-order valence-corrected chi connectivity index (χ2v) is 9.93. The summed E-state index contributed by atoms with van der Waals surface area (Å²) in [4.78, 5) is 22.2. The van der Waals surface area contributed by atoms with E-state index in [2.05, 4.69) is 41.1 Å². The Kier molecular flexibility index (Phi) is 6.97. The standard InChI is InChI=1S/C28H30N4O2S/c1-20-18-21(2)26-25(19-20)30-28(35-26)32-16-14-31(15-17-32)13-12-29-27(33)22-8-10-24(11-9-22)34-23-6-4-3-5-7-23/h3-11,18-19H,12-17H2,1-2H3,(H,29,33). The van der Waals surface area contributed by atoms with Gasteiger partial charge in [0.25, 0.3) is 5.91 Å². The van der Waals surface area contributed by atoms with Gasteiger partial charge in [0.2, 0.25) is 0 Å². The molecular weight excluding hydrogens is 456 g/mol. The van der Waals surface area contributed by atoms with Gasteiger partial charge in [-0.05, 0) is 67.4 Å². The third kappa shape index (κ3) is 5.63. The predicted molar refractivity (Wildman–Crippen MR) is 143 cm³/mol. The quantitative estimate of drug-likeness (QED) is 0.386. The van der Waals surface area contributed by atoms with Crippen molar-refractivity contribution >= 4 is 32.6 Å². The number of carbonyl (C=O) groups is 1. The number of para-hydroxylation sites is 1. The molecule has 0 atom stereocenters. The van der Waals surface area contributed by atoms with Gasteiger partial charge in [-0.3, -0.25) is 9.69 Å². The van der Waals surface area contributed by atoms with Crippen LogP contribution in [0.2, 0.25) is 0 Å². The number of carbonyl (C=O) groups excluding carboxylic acids is 1. The van der Waals surface area contributed by atoms with Gasteiger partial charge >= 0.3 is 0 Å². The summed E-state index contributed by atoms with van der Waals surface area (Å²) in [6, 6.07) is 21.3. The first kappa shape index (κ1) is 23.3. The minimum Gasteiger partial charge on any atom is -0.457 e. The first-order valence-electron chi connectivity index (χ1n) is 12.0. The van der Waals surface area contributed by atoms with Crippen molar-refractivity contribution < 1.29 is 9.53 Å². The smallest absolute Gasteiger partial charge is 0.251 e. The van der Waals surface area contributed by atoms with Crippen LogP contribution in [0.4, 0.5) is 5.13 Å². The molecule has 5 rings (SSSR count). The fourth-order valence-corrected chi connectivity index (χ4v) is 5.46. The lowest BCUT2D eigenvalue weighted by Crippen LogP contribution is -2.48. The normalized spacial score (nSPS) is 14.3. The number of hydrogen-bond acceptors (Lipinski definition) is 6. The van der Waals surface area contributed by atoms with Crippen LogP contribution < -0.4 is 15.0 Å². The molecule has 180 valence electrons. The molecule has 1 N–H and O–H groups in total. The molecule has 7 heteroatoms. The van der Waals surface area contributed by atoms with E-state index in [0.29, 0.717) is 17.9 Å². The van der Waals surface area contributed by atoms with Gasteiger partial charge in [0, 0.05) is 44.8 Å². The van der Waals surface area contributed by atoms with Gasteiger partial charge in [0.1, 0.15) is 11.5 Å². The Labute approximate surface area is 210 Å². The number of piperazine rings is 1. The summed E-state index contributed by atoms with van der Waals surface area (Å²) >= 11 is 1.79. The molecule has 35 heavy (non-hydrogen) atoms. The van der Waals surface area contributed by atoms with Gasteiger partial charge in [0.05, 0.1) is 10.2 Å². The zero-order valence-electron chi connectivity index (χ0n) is 20.2. The van der Waals surface area contributed by atoms with Crippen molar-refractivity contribution in [2.24, 2.45) is 0 Å². The average Bonchev–Trinajstić information content (AvgIpc) is 3.30. The molecule has 1 aliphatic heterocycles. The molecule has 1 saturated heterocycles. The van der Waals surface area contributed by atoms with E-state index in [0.717, 1.165) is 49.1 Å². The molecule has 0 bridgehead atoms. The Morgan fingerprint density at radius 3 is 2.43 bits per heavy atom. The first-order valence-corrected chi connectivity index (χ1v) is 12.8. The SMILES string of the molecule is Cc1cc(C)c2sc(N3CCN(CCNC(=O)c4ccc(Oc5ccccc5)cc4)CC3)nc2c1. The molecule has 1 aromatic heterocycles. The van der Waals surface area contributed by atoms with E-state index in [1.54, 1.807) is 23.5 Å². The Hall–Kier alpha value is -3.42. The monoisotopic (exact) mass is 486 g/mol. The topological polar surface area (TPSA) is 57.7 Å². The largest absolute Gasteiger partial charge is 0.457 e. The van der Waals surface area contributed by atoms with Crippen LogP contribution in [0.5, 0.6) is 11.5 Å². The van der Waals surface area contributed by atoms with Crippen LogP contribution in [0, 0.1) is 13.8 Å². The lowest BCUT2D eigenvalue weighted by Gasteiger charge is -2.34. The highest BCUT2D eigenvalue weighted by atomic mass is 32.1. The third-order valence-electron chi connectivity index (χ3n) is 6.26. The average molecular weight is 487 g/mol. The van der Waals surface area contributed by atoms with E-state index in [1.165, 1.54) is 15.8 Å². The molecule has 0 radical (unpaired) electrons. The maximum Gasteiger partial charge on any atom is 0.251 e. The number of anilines is 1. The van der Waals surface area contributed by atoms with Crippen LogP contribution in [0.15, 0.2) is 66.7 Å². The van der Waals surface area contributed by atoms with Crippen LogP contribution >= 0.6 is 11.3 Å². The first-order chi connectivity index (χ1) is 17.0. The molecule has 0 saturated carbocycles. The zero-order chi connectivity index (χ0) is 24.2. The third-order valence-corrected chi connectivity index (χ3v) is 7.53. The lowest BCUT2D eigenvalue weighted by atomic mass is 10.1. The fraction of sp³-hybridized carbons (Fsp3) is 0.286. The summed E-state index contributed by atoms with van der Waals surface area (Å²) in [7, 11) is 0. The highest BCUT2D eigenvalue weighted by Gasteiger charge is 2.20.